The highest BCUT2D eigenvalue weighted by molar-refractivity contribution is 5.75. The summed E-state index contributed by atoms with van der Waals surface area (Å²) in [5.41, 5.74) is 3.48. The van der Waals surface area contributed by atoms with Crippen molar-refractivity contribution < 1.29 is 19.0 Å². The van der Waals surface area contributed by atoms with Crippen molar-refractivity contribution in [2.24, 2.45) is 0 Å². The van der Waals surface area contributed by atoms with Gasteiger partial charge in [0.25, 0.3) is 0 Å². The summed E-state index contributed by atoms with van der Waals surface area (Å²) in [6.45, 7) is 6.25. The topological polar surface area (TPSA) is 56.8 Å². The van der Waals surface area contributed by atoms with Crippen LogP contribution in [0.15, 0.2) is 36.4 Å². The molecule has 0 spiro atoms. The van der Waals surface area contributed by atoms with Crippen LogP contribution in [-0.2, 0) is 11.2 Å². The normalized spacial score (nSPS) is 12.5. The number of aryl methyl sites for hydroxylation is 3. The van der Waals surface area contributed by atoms with Crippen LogP contribution >= 0.6 is 0 Å². The zero-order valence-corrected chi connectivity index (χ0v) is 16.0. The van der Waals surface area contributed by atoms with Crippen LogP contribution in [0.3, 0.4) is 0 Å². The summed E-state index contributed by atoms with van der Waals surface area (Å²) >= 11 is 0. The molecule has 0 saturated carbocycles. The molecule has 5 nitrogen and oxygen atoms in total. The predicted molar refractivity (Wildman–Crippen MR) is 105 cm³/mol. The molecule has 2 aromatic carbocycles. The van der Waals surface area contributed by atoms with Gasteiger partial charge in [-0.25, -0.2) is 0 Å². The predicted octanol–water partition coefficient (Wildman–Crippen LogP) is 3.59. The molecule has 1 N–H and O–H groups in total. The van der Waals surface area contributed by atoms with E-state index in [0.29, 0.717) is 32.8 Å². The van der Waals surface area contributed by atoms with Crippen molar-refractivity contribution in [1.29, 1.82) is 0 Å². The molecular formula is C22H27NO4. The summed E-state index contributed by atoms with van der Waals surface area (Å²) in [6, 6.07) is 12.1. The third-order valence-corrected chi connectivity index (χ3v) is 4.49. The lowest BCUT2D eigenvalue weighted by Crippen LogP contribution is -2.28. The first-order chi connectivity index (χ1) is 13.1. The second-order valence-electron chi connectivity index (χ2n) is 6.80. The van der Waals surface area contributed by atoms with Crippen LogP contribution < -0.4 is 19.5 Å². The highest BCUT2D eigenvalue weighted by atomic mass is 16.6. The molecule has 0 aromatic heterocycles. The smallest absolute Gasteiger partial charge is 0.220 e. The fourth-order valence-electron chi connectivity index (χ4n) is 3.10. The van der Waals surface area contributed by atoms with Crippen LogP contribution in [0.5, 0.6) is 17.2 Å². The zero-order valence-electron chi connectivity index (χ0n) is 16.0. The number of hydrogen-bond acceptors (Lipinski definition) is 4. The van der Waals surface area contributed by atoms with Gasteiger partial charge in [0.05, 0.1) is 6.54 Å². The third-order valence-electron chi connectivity index (χ3n) is 4.49. The molecule has 0 saturated heterocycles. The first-order valence-corrected chi connectivity index (χ1v) is 9.47. The monoisotopic (exact) mass is 369 g/mol. The summed E-state index contributed by atoms with van der Waals surface area (Å²) in [6.07, 6.45) is 2.13. The number of amides is 1. The van der Waals surface area contributed by atoms with Crippen molar-refractivity contribution in [2.75, 3.05) is 26.4 Å². The van der Waals surface area contributed by atoms with Crippen molar-refractivity contribution in [1.82, 2.24) is 5.32 Å². The highest BCUT2D eigenvalue weighted by Gasteiger charge is 2.11. The van der Waals surface area contributed by atoms with Gasteiger partial charge in [-0.05, 0) is 56.0 Å². The largest absolute Gasteiger partial charge is 0.491 e. The number of rotatable bonds is 8. The number of benzene rings is 2. The molecule has 0 radical (unpaired) electrons. The number of fused-ring (bicyclic) bond motifs is 1. The Balaban J connectivity index is 1.33. The van der Waals surface area contributed by atoms with Gasteiger partial charge < -0.3 is 19.5 Å². The molecule has 5 heteroatoms. The Labute approximate surface area is 160 Å². The van der Waals surface area contributed by atoms with Crippen LogP contribution in [0.2, 0.25) is 0 Å². The maximum Gasteiger partial charge on any atom is 0.220 e. The van der Waals surface area contributed by atoms with Crippen molar-refractivity contribution in [3.8, 4) is 17.2 Å². The molecule has 0 atom stereocenters. The van der Waals surface area contributed by atoms with Gasteiger partial charge in [0.1, 0.15) is 25.6 Å². The van der Waals surface area contributed by atoms with Gasteiger partial charge in [-0.1, -0.05) is 23.8 Å². The number of carbonyl (C=O) groups excluding carboxylic acids is 1. The maximum absolute atomic E-state index is 12.0. The molecule has 144 valence electrons. The van der Waals surface area contributed by atoms with Gasteiger partial charge in [-0.3, -0.25) is 4.79 Å². The van der Waals surface area contributed by atoms with Crippen molar-refractivity contribution in [3.05, 3.63) is 53.1 Å². The molecule has 27 heavy (non-hydrogen) atoms. The summed E-state index contributed by atoms with van der Waals surface area (Å²) in [5, 5.41) is 2.91. The first-order valence-electron chi connectivity index (χ1n) is 9.47. The molecule has 1 amide bonds. The van der Waals surface area contributed by atoms with Crippen LogP contribution in [-0.4, -0.2) is 32.3 Å². The Hall–Kier alpha value is -2.69. The molecule has 0 bridgehead atoms. The summed E-state index contributed by atoms with van der Waals surface area (Å²) in [5.74, 6) is 2.52. The van der Waals surface area contributed by atoms with Crippen LogP contribution in [0, 0.1) is 13.8 Å². The zero-order chi connectivity index (χ0) is 19.1. The number of nitrogens with one attached hydrogen (secondary N) is 1. The highest BCUT2D eigenvalue weighted by Crippen LogP contribution is 2.31. The average Bonchev–Trinajstić information content (AvgIpc) is 2.66. The molecule has 1 aliphatic rings. The van der Waals surface area contributed by atoms with Crippen LogP contribution in [0.25, 0.3) is 0 Å². The van der Waals surface area contributed by atoms with Gasteiger partial charge in [0.2, 0.25) is 5.91 Å². The van der Waals surface area contributed by atoms with E-state index in [2.05, 4.69) is 18.3 Å². The summed E-state index contributed by atoms with van der Waals surface area (Å²) < 4.78 is 16.8. The minimum Gasteiger partial charge on any atom is -0.491 e. The van der Waals surface area contributed by atoms with E-state index in [9.17, 15) is 4.79 Å². The Morgan fingerprint density at radius 2 is 1.89 bits per heavy atom. The molecular weight excluding hydrogens is 342 g/mol. The fourth-order valence-corrected chi connectivity index (χ4v) is 3.10. The minimum absolute atomic E-state index is 0.0526. The molecule has 0 unspecified atom stereocenters. The Morgan fingerprint density at radius 3 is 2.70 bits per heavy atom. The second-order valence-corrected chi connectivity index (χ2v) is 6.80. The number of carbonyl (C=O) groups is 1. The molecule has 0 fully saturated rings. The van der Waals surface area contributed by atoms with Gasteiger partial charge in [0.15, 0.2) is 11.5 Å². The molecule has 3 rings (SSSR count). The van der Waals surface area contributed by atoms with E-state index < -0.39 is 0 Å². The molecule has 2 aromatic rings. The van der Waals surface area contributed by atoms with Gasteiger partial charge >= 0.3 is 0 Å². The third kappa shape index (κ3) is 5.64. The van der Waals surface area contributed by atoms with E-state index in [1.807, 2.05) is 37.3 Å². The van der Waals surface area contributed by atoms with Crippen molar-refractivity contribution in [3.63, 3.8) is 0 Å². The van der Waals surface area contributed by atoms with Crippen molar-refractivity contribution >= 4 is 5.91 Å². The number of ether oxygens (including phenoxy) is 3. The van der Waals surface area contributed by atoms with E-state index in [1.54, 1.807) is 0 Å². The lowest BCUT2D eigenvalue weighted by atomic mass is 10.1. The van der Waals surface area contributed by atoms with Gasteiger partial charge in [-0.2, -0.15) is 0 Å². The van der Waals surface area contributed by atoms with Gasteiger partial charge in [-0.15, -0.1) is 0 Å². The molecule has 1 aliphatic heterocycles. The Morgan fingerprint density at radius 1 is 1.07 bits per heavy atom. The molecule has 0 aliphatic carbocycles. The lowest BCUT2D eigenvalue weighted by Gasteiger charge is -2.18. The van der Waals surface area contributed by atoms with E-state index in [0.717, 1.165) is 41.2 Å². The maximum atomic E-state index is 12.0. The Kier molecular flexibility index (Phi) is 6.58. The minimum atomic E-state index is 0.0526. The second kappa shape index (κ2) is 9.31. The van der Waals surface area contributed by atoms with Crippen LogP contribution in [0.1, 0.15) is 29.5 Å². The molecule has 1 heterocycles. The number of hydrogen-bond donors (Lipinski definition) is 1. The summed E-state index contributed by atoms with van der Waals surface area (Å²) in [4.78, 5) is 12.0. The van der Waals surface area contributed by atoms with Crippen molar-refractivity contribution in [2.45, 2.75) is 33.1 Å². The van der Waals surface area contributed by atoms with E-state index in [-0.39, 0.29) is 5.91 Å². The van der Waals surface area contributed by atoms with E-state index in [1.165, 1.54) is 5.56 Å². The van der Waals surface area contributed by atoms with E-state index >= 15 is 0 Å². The van der Waals surface area contributed by atoms with Crippen LogP contribution in [0.4, 0.5) is 0 Å². The Bertz CT molecular complexity index is 788. The lowest BCUT2D eigenvalue weighted by molar-refractivity contribution is -0.121. The average molecular weight is 369 g/mol. The summed E-state index contributed by atoms with van der Waals surface area (Å²) in [7, 11) is 0. The van der Waals surface area contributed by atoms with Gasteiger partial charge in [0, 0.05) is 6.42 Å². The quantitative estimate of drug-likeness (QED) is 0.723. The standard InChI is InChI=1S/C22H27NO4/c1-16-6-8-19(17(2)14-16)25-11-10-23-22(24)5-3-4-18-7-9-20-21(15-18)27-13-12-26-20/h6-9,14-15H,3-5,10-13H2,1-2H3,(H,23,24). The van der Waals surface area contributed by atoms with E-state index in [4.69, 9.17) is 14.2 Å². The first kappa shape index (κ1) is 19.1. The SMILES string of the molecule is Cc1ccc(OCCNC(=O)CCCc2ccc3c(c2)OCCO3)c(C)c1. The fraction of sp³-hybridized carbons (Fsp3) is 0.409.